The molecule has 31 heavy (non-hydrogen) atoms. The maximum absolute atomic E-state index is 12.3. The highest BCUT2D eigenvalue weighted by Gasteiger charge is 2.13. The van der Waals surface area contributed by atoms with Crippen LogP contribution in [0.3, 0.4) is 0 Å². The predicted molar refractivity (Wildman–Crippen MR) is 125 cm³/mol. The molecule has 0 bridgehead atoms. The Morgan fingerprint density at radius 1 is 1.03 bits per heavy atom. The first-order valence-electron chi connectivity index (χ1n) is 9.60. The van der Waals surface area contributed by atoms with Gasteiger partial charge in [-0.3, -0.25) is 4.79 Å². The van der Waals surface area contributed by atoms with Gasteiger partial charge in [-0.05, 0) is 30.7 Å². The second-order valence-electron chi connectivity index (χ2n) is 6.81. The summed E-state index contributed by atoms with van der Waals surface area (Å²) in [5.74, 6) is 0.564. The SMILES string of the molecule is Cc1cccc2sc(NC(=O)CSc3nnc(CCc4nc5ccccc5s4)o3)nc12. The van der Waals surface area contributed by atoms with Gasteiger partial charge in [-0.1, -0.05) is 47.4 Å². The molecule has 156 valence electrons. The second kappa shape index (κ2) is 8.74. The minimum Gasteiger partial charge on any atom is -0.416 e. The highest BCUT2D eigenvalue weighted by molar-refractivity contribution is 7.99. The number of fused-ring (bicyclic) bond motifs is 2. The molecule has 0 fully saturated rings. The van der Waals surface area contributed by atoms with E-state index in [1.165, 1.54) is 27.8 Å². The van der Waals surface area contributed by atoms with Crippen molar-refractivity contribution in [2.75, 3.05) is 11.1 Å². The lowest BCUT2D eigenvalue weighted by atomic mass is 10.2. The van der Waals surface area contributed by atoms with Crippen molar-refractivity contribution in [3.63, 3.8) is 0 Å². The van der Waals surface area contributed by atoms with E-state index in [0.717, 1.165) is 32.7 Å². The average molecular weight is 468 g/mol. The van der Waals surface area contributed by atoms with Crippen molar-refractivity contribution >= 4 is 65.9 Å². The number of amides is 1. The fourth-order valence-corrected chi connectivity index (χ4v) is 5.57. The van der Waals surface area contributed by atoms with E-state index < -0.39 is 0 Å². The summed E-state index contributed by atoms with van der Waals surface area (Å²) >= 11 is 4.35. The summed E-state index contributed by atoms with van der Waals surface area (Å²) in [6.45, 7) is 2.01. The fraction of sp³-hybridized carbons (Fsp3) is 0.190. The van der Waals surface area contributed by atoms with Crippen molar-refractivity contribution in [2.45, 2.75) is 25.0 Å². The molecule has 1 amide bonds. The number of rotatable bonds is 7. The number of carbonyl (C=O) groups excluding carboxylic acids is 1. The first-order valence-corrected chi connectivity index (χ1v) is 12.2. The van der Waals surface area contributed by atoms with Crippen LogP contribution in [0.1, 0.15) is 16.5 Å². The number of aromatic nitrogens is 4. The summed E-state index contributed by atoms with van der Waals surface area (Å²) in [6.07, 6.45) is 1.35. The molecule has 0 saturated carbocycles. The number of nitrogens with one attached hydrogen (secondary N) is 1. The number of aryl methyl sites for hydroxylation is 3. The third kappa shape index (κ3) is 4.60. The highest BCUT2D eigenvalue weighted by atomic mass is 32.2. The number of para-hydroxylation sites is 2. The third-order valence-corrected chi connectivity index (χ3v) is 7.38. The van der Waals surface area contributed by atoms with Crippen molar-refractivity contribution in [3.8, 4) is 0 Å². The lowest BCUT2D eigenvalue weighted by molar-refractivity contribution is -0.113. The number of thiazole rings is 2. The Balaban J connectivity index is 1.14. The second-order valence-corrected chi connectivity index (χ2v) is 9.89. The Bertz CT molecular complexity index is 1340. The van der Waals surface area contributed by atoms with Gasteiger partial charge in [0.15, 0.2) is 5.13 Å². The Morgan fingerprint density at radius 3 is 2.77 bits per heavy atom. The van der Waals surface area contributed by atoms with E-state index in [9.17, 15) is 4.79 Å². The lowest BCUT2D eigenvalue weighted by Gasteiger charge is -1.98. The smallest absolute Gasteiger partial charge is 0.277 e. The quantitative estimate of drug-likeness (QED) is 0.332. The first kappa shape index (κ1) is 20.1. The molecule has 2 aromatic carbocycles. The van der Waals surface area contributed by atoms with E-state index in [2.05, 4.69) is 31.5 Å². The highest BCUT2D eigenvalue weighted by Crippen LogP contribution is 2.28. The zero-order valence-corrected chi connectivity index (χ0v) is 18.9. The molecule has 0 aliphatic heterocycles. The molecule has 3 heterocycles. The average Bonchev–Trinajstić information content (AvgIpc) is 3.48. The molecular weight excluding hydrogens is 450 g/mol. The normalized spacial score (nSPS) is 11.4. The van der Waals surface area contributed by atoms with Gasteiger partial charge in [0, 0.05) is 12.8 Å². The van der Waals surface area contributed by atoms with Crippen LogP contribution in [-0.2, 0) is 17.6 Å². The number of hydrogen-bond acceptors (Lipinski definition) is 9. The van der Waals surface area contributed by atoms with Crippen LogP contribution >= 0.6 is 34.4 Å². The zero-order chi connectivity index (χ0) is 21.2. The zero-order valence-electron chi connectivity index (χ0n) is 16.5. The molecule has 0 radical (unpaired) electrons. The largest absolute Gasteiger partial charge is 0.416 e. The Labute approximate surface area is 189 Å². The van der Waals surface area contributed by atoms with Crippen LogP contribution in [0.5, 0.6) is 0 Å². The van der Waals surface area contributed by atoms with Gasteiger partial charge in [-0.2, -0.15) is 0 Å². The summed E-state index contributed by atoms with van der Waals surface area (Å²) in [4.78, 5) is 21.4. The van der Waals surface area contributed by atoms with Gasteiger partial charge in [-0.15, -0.1) is 21.5 Å². The van der Waals surface area contributed by atoms with Crippen LogP contribution in [0, 0.1) is 6.92 Å². The van der Waals surface area contributed by atoms with Crippen LogP contribution in [0.25, 0.3) is 20.4 Å². The van der Waals surface area contributed by atoms with Gasteiger partial charge in [0.1, 0.15) is 0 Å². The summed E-state index contributed by atoms with van der Waals surface area (Å²) in [7, 11) is 0. The van der Waals surface area contributed by atoms with Gasteiger partial charge >= 0.3 is 0 Å². The van der Waals surface area contributed by atoms with Crippen LogP contribution < -0.4 is 5.32 Å². The van der Waals surface area contributed by atoms with Crippen LogP contribution in [0.2, 0.25) is 0 Å². The van der Waals surface area contributed by atoms with Crippen molar-refractivity contribution < 1.29 is 9.21 Å². The number of anilines is 1. The Morgan fingerprint density at radius 2 is 1.90 bits per heavy atom. The number of nitrogens with zero attached hydrogens (tertiary/aromatic N) is 4. The summed E-state index contributed by atoms with van der Waals surface area (Å²) in [5, 5.41) is 13.0. The molecule has 0 spiro atoms. The number of carbonyl (C=O) groups is 1. The van der Waals surface area contributed by atoms with E-state index in [0.29, 0.717) is 22.7 Å². The van der Waals surface area contributed by atoms with Crippen molar-refractivity contribution in [1.29, 1.82) is 0 Å². The predicted octanol–water partition coefficient (Wildman–Crippen LogP) is 5.11. The third-order valence-electron chi connectivity index (χ3n) is 4.53. The topological polar surface area (TPSA) is 93.8 Å². The molecule has 7 nitrogen and oxygen atoms in total. The number of benzene rings is 2. The van der Waals surface area contributed by atoms with Gasteiger partial charge < -0.3 is 9.73 Å². The number of thioether (sulfide) groups is 1. The molecule has 3 aromatic heterocycles. The summed E-state index contributed by atoms with van der Waals surface area (Å²) in [6, 6.07) is 14.1. The van der Waals surface area contributed by atoms with Gasteiger partial charge in [-0.25, -0.2) is 9.97 Å². The maximum Gasteiger partial charge on any atom is 0.277 e. The molecule has 5 rings (SSSR count). The molecule has 5 aromatic rings. The molecule has 0 saturated heterocycles. The lowest BCUT2D eigenvalue weighted by Crippen LogP contribution is -2.13. The van der Waals surface area contributed by atoms with Crippen molar-refractivity contribution in [2.24, 2.45) is 0 Å². The molecule has 0 aliphatic rings. The van der Waals surface area contributed by atoms with Gasteiger partial charge in [0.05, 0.1) is 31.2 Å². The Kier molecular flexibility index (Phi) is 5.66. The molecule has 0 atom stereocenters. The maximum atomic E-state index is 12.3. The van der Waals surface area contributed by atoms with E-state index in [1.807, 2.05) is 43.3 Å². The monoisotopic (exact) mass is 467 g/mol. The summed E-state index contributed by atoms with van der Waals surface area (Å²) < 4.78 is 7.90. The molecular formula is C21H17N5O2S3. The van der Waals surface area contributed by atoms with Gasteiger partial charge in [0.2, 0.25) is 11.8 Å². The minimum atomic E-state index is -0.157. The van der Waals surface area contributed by atoms with Crippen molar-refractivity contribution in [1.82, 2.24) is 20.2 Å². The molecule has 0 aliphatic carbocycles. The Hall–Kier alpha value is -2.82. The van der Waals surface area contributed by atoms with Crippen molar-refractivity contribution in [3.05, 3.63) is 58.9 Å². The first-order chi connectivity index (χ1) is 15.1. The molecule has 1 N–H and O–H groups in total. The van der Waals surface area contributed by atoms with E-state index in [1.54, 1.807) is 11.3 Å². The van der Waals surface area contributed by atoms with Crippen LogP contribution in [-0.4, -0.2) is 31.8 Å². The fourth-order valence-electron chi connectivity index (χ4n) is 3.06. The minimum absolute atomic E-state index is 0.157. The molecule has 0 unspecified atom stereocenters. The van der Waals surface area contributed by atoms with Gasteiger partial charge in [0.25, 0.3) is 5.22 Å². The standard InChI is InChI=1S/C21H17N5O2S3/c1-12-5-4-8-15-19(12)24-20(31-15)23-16(27)11-29-21-26-25-17(28-21)9-10-18-22-13-6-2-3-7-14(13)30-18/h2-8H,9-11H2,1H3,(H,23,24,27). The number of hydrogen-bond donors (Lipinski definition) is 1. The van der Waals surface area contributed by atoms with E-state index in [4.69, 9.17) is 4.42 Å². The summed E-state index contributed by atoms with van der Waals surface area (Å²) in [5.41, 5.74) is 3.02. The van der Waals surface area contributed by atoms with Crippen LogP contribution in [0.4, 0.5) is 5.13 Å². The van der Waals surface area contributed by atoms with E-state index in [-0.39, 0.29) is 11.7 Å². The van der Waals surface area contributed by atoms with Crippen LogP contribution in [0.15, 0.2) is 52.1 Å². The van der Waals surface area contributed by atoms with E-state index >= 15 is 0 Å². The molecule has 10 heteroatoms.